The highest BCUT2D eigenvalue weighted by atomic mass is 16.5. The number of imidazole rings is 1. The fourth-order valence-electron chi connectivity index (χ4n) is 2.32. The first kappa shape index (κ1) is 10.5. The van der Waals surface area contributed by atoms with Crippen molar-refractivity contribution < 1.29 is 4.74 Å². The van der Waals surface area contributed by atoms with Crippen LogP contribution >= 0.6 is 0 Å². The Kier molecular flexibility index (Phi) is 2.68. The fourth-order valence-corrected chi connectivity index (χ4v) is 2.32. The lowest BCUT2D eigenvalue weighted by Gasteiger charge is -2.20. The Morgan fingerprint density at radius 3 is 2.94 bits per heavy atom. The van der Waals surface area contributed by atoms with E-state index in [2.05, 4.69) is 21.5 Å². The molecule has 1 aliphatic heterocycles. The van der Waals surface area contributed by atoms with Gasteiger partial charge in [0.1, 0.15) is 0 Å². The molecule has 2 aromatic rings. The third-order valence-corrected chi connectivity index (χ3v) is 3.30. The molecule has 1 saturated heterocycles. The summed E-state index contributed by atoms with van der Waals surface area (Å²) in [7, 11) is 1.62. The van der Waals surface area contributed by atoms with Gasteiger partial charge in [-0.15, -0.1) is 0 Å². The van der Waals surface area contributed by atoms with Gasteiger partial charge in [-0.25, -0.2) is 9.97 Å². The van der Waals surface area contributed by atoms with Gasteiger partial charge in [0.2, 0.25) is 5.88 Å². The van der Waals surface area contributed by atoms with Crippen molar-refractivity contribution in [1.29, 1.82) is 0 Å². The van der Waals surface area contributed by atoms with E-state index >= 15 is 0 Å². The molecule has 3 rings (SSSR count). The highest BCUT2D eigenvalue weighted by molar-refractivity contribution is 5.39. The molecule has 1 aliphatic rings. The minimum atomic E-state index is 0.571. The molecule has 1 N–H and O–H groups in total. The maximum Gasteiger partial charge on any atom is 0.230 e. The molecule has 0 atom stereocenters. The summed E-state index contributed by atoms with van der Waals surface area (Å²) < 4.78 is 7.10. The molecule has 90 valence electrons. The minimum absolute atomic E-state index is 0.571. The Hall–Kier alpha value is -1.62. The predicted octanol–water partition coefficient (Wildman–Crippen LogP) is 1.20. The van der Waals surface area contributed by atoms with Crippen molar-refractivity contribution in [3.63, 3.8) is 0 Å². The van der Waals surface area contributed by atoms with Crippen LogP contribution in [0.5, 0.6) is 5.88 Å². The van der Waals surface area contributed by atoms with E-state index in [9.17, 15) is 0 Å². The summed E-state index contributed by atoms with van der Waals surface area (Å²) in [5.41, 5.74) is 2.06. The van der Waals surface area contributed by atoms with E-state index in [4.69, 9.17) is 4.74 Å². The first-order chi connectivity index (χ1) is 8.36. The van der Waals surface area contributed by atoms with E-state index in [1.54, 1.807) is 13.3 Å². The van der Waals surface area contributed by atoms with Gasteiger partial charge in [-0.05, 0) is 25.9 Å². The maximum absolute atomic E-state index is 5.11. The van der Waals surface area contributed by atoms with E-state index in [1.165, 1.54) is 5.69 Å². The van der Waals surface area contributed by atoms with E-state index in [-0.39, 0.29) is 0 Å². The molecule has 17 heavy (non-hydrogen) atoms. The molecule has 0 saturated carbocycles. The fraction of sp³-hybridized carbons (Fsp3) is 0.500. The highest BCUT2D eigenvalue weighted by Crippen LogP contribution is 2.24. The number of hydrogen-bond acceptors (Lipinski definition) is 4. The molecule has 0 bridgehead atoms. The zero-order chi connectivity index (χ0) is 11.7. The second-order valence-electron chi connectivity index (χ2n) is 4.39. The van der Waals surface area contributed by atoms with Crippen molar-refractivity contribution in [3.8, 4) is 5.88 Å². The maximum atomic E-state index is 5.11. The van der Waals surface area contributed by atoms with Crippen LogP contribution < -0.4 is 10.1 Å². The SMILES string of the molecule is COc1cn2cc(C3CCNCC3)nc2cn1. The lowest BCUT2D eigenvalue weighted by molar-refractivity contribution is 0.395. The number of nitrogens with zero attached hydrogens (tertiary/aromatic N) is 3. The predicted molar refractivity (Wildman–Crippen MR) is 64.4 cm³/mol. The van der Waals surface area contributed by atoms with Gasteiger partial charge in [0.25, 0.3) is 0 Å². The normalized spacial score (nSPS) is 17.5. The Balaban J connectivity index is 1.95. The molecule has 0 aromatic carbocycles. The Bertz CT molecular complexity index is 516. The van der Waals surface area contributed by atoms with Gasteiger partial charge in [0.15, 0.2) is 5.65 Å². The number of hydrogen-bond donors (Lipinski definition) is 1. The van der Waals surface area contributed by atoms with Crippen LogP contribution in [0.1, 0.15) is 24.5 Å². The van der Waals surface area contributed by atoms with Crippen LogP contribution in [0.3, 0.4) is 0 Å². The van der Waals surface area contributed by atoms with Crippen molar-refractivity contribution in [2.45, 2.75) is 18.8 Å². The number of piperidine rings is 1. The Morgan fingerprint density at radius 1 is 1.35 bits per heavy atom. The summed E-state index contributed by atoms with van der Waals surface area (Å²) in [4.78, 5) is 8.79. The molecule has 5 heteroatoms. The van der Waals surface area contributed by atoms with Crippen molar-refractivity contribution in [3.05, 3.63) is 24.3 Å². The van der Waals surface area contributed by atoms with Crippen LogP contribution in [0.25, 0.3) is 5.65 Å². The standard InChI is InChI=1S/C12H16N4O/c1-17-12-8-16-7-10(15-11(16)6-14-12)9-2-4-13-5-3-9/h6-9,13H,2-5H2,1H3. The zero-order valence-corrected chi connectivity index (χ0v) is 9.89. The third-order valence-electron chi connectivity index (χ3n) is 3.30. The Morgan fingerprint density at radius 2 is 2.18 bits per heavy atom. The summed E-state index contributed by atoms with van der Waals surface area (Å²) in [5, 5.41) is 3.37. The number of rotatable bonds is 2. The molecule has 0 spiro atoms. The number of aromatic nitrogens is 3. The lowest BCUT2D eigenvalue weighted by Crippen LogP contribution is -2.26. The summed E-state index contributed by atoms with van der Waals surface area (Å²) in [6.07, 6.45) is 8.04. The molecule has 3 heterocycles. The summed E-state index contributed by atoms with van der Waals surface area (Å²) in [6.45, 7) is 2.17. The van der Waals surface area contributed by atoms with Crippen LogP contribution in [0, 0.1) is 0 Å². The average molecular weight is 232 g/mol. The monoisotopic (exact) mass is 232 g/mol. The second-order valence-corrected chi connectivity index (χ2v) is 4.39. The molecule has 5 nitrogen and oxygen atoms in total. The first-order valence-corrected chi connectivity index (χ1v) is 5.96. The lowest BCUT2D eigenvalue weighted by atomic mass is 9.95. The van der Waals surface area contributed by atoms with Crippen molar-refractivity contribution >= 4 is 5.65 Å². The zero-order valence-electron chi connectivity index (χ0n) is 9.89. The average Bonchev–Trinajstić information content (AvgIpc) is 2.82. The number of nitrogens with one attached hydrogen (secondary N) is 1. The molecule has 0 aliphatic carbocycles. The summed E-state index contributed by atoms with van der Waals surface area (Å²) in [5.74, 6) is 1.19. The van der Waals surface area contributed by atoms with Crippen LogP contribution in [0.2, 0.25) is 0 Å². The largest absolute Gasteiger partial charge is 0.480 e. The van der Waals surface area contributed by atoms with E-state index in [0.29, 0.717) is 11.8 Å². The summed E-state index contributed by atoms with van der Waals surface area (Å²) >= 11 is 0. The van der Waals surface area contributed by atoms with E-state index < -0.39 is 0 Å². The number of fused-ring (bicyclic) bond motifs is 1. The van der Waals surface area contributed by atoms with Gasteiger partial charge in [0, 0.05) is 12.1 Å². The summed E-state index contributed by atoms with van der Waals surface area (Å²) in [6, 6.07) is 0. The van der Waals surface area contributed by atoms with Crippen molar-refractivity contribution in [1.82, 2.24) is 19.7 Å². The van der Waals surface area contributed by atoms with Crippen LogP contribution in [0.15, 0.2) is 18.6 Å². The van der Waals surface area contributed by atoms with Crippen molar-refractivity contribution in [2.24, 2.45) is 0 Å². The van der Waals surface area contributed by atoms with Crippen LogP contribution in [0.4, 0.5) is 0 Å². The third kappa shape index (κ3) is 1.98. The smallest absolute Gasteiger partial charge is 0.230 e. The highest BCUT2D eigenvalue weighted by Gasteiger charge is 2.18. The molecule has 0 unspecified atom stereocenters. The van der Waals surface area contributed by atoms with Gasteiger partial charge in [-0.2, -0.15) is 0 Å². The van der Waals surface area contributed by atoms with Gasteiger partial charge < -0.3 is 14.5 Å². The molecule has 0 radical (unpaired) electrons. The van der Waals surface area contributed by atoms with Gasteiger partial charge >= 0.3 is 0 Å². The second kappa shape index (κ2) is 4.33. The quantitative estimate of drug-likeness (QED) is 0.845. The molecular formula is C12H16N4O. The van der Waals surface area contributed by atoms with Crippen molar-refractivity contribution in [2.75, 3.05) is 20.2 Å². The van der Waals surface area contributed by atoms with Gasteiger partial charge in [0.05, 0.1) is 25.2 Å². The molecule has 1 fully saturated rings. The molecule has 0 amide bonds. The molecular weight excluding hydrogens is 216 g/mol. The topological polar surface area (TPSA) is 51.5 Å². The van der Waals surface area contributed by atoms with Gasteiger partial charge in [-0.1, -0.05) is 0 Å². The van der Waals surface area contributed by atoms with Crippen LogP contribution in [-0.2, 0) is 0 Å². The van der Waals surface area contributed by atoms with E-state index in [0.717, 1.165) is 31.6 Å². The first-order valence-electron chi connectivity index (χ1n) is 5.96. The number of ether oxygens (including phenoxy) is 1. The van der Waals surface area contributed by atoms with Crippen LogP contribution in [-0.4, -0.2) is 34.6 Å². The molecule has 2 aromatic heterocycles. The van der Waals surface area contributed by atoms with E-state index in [1.807, 2.05) is 10.6 Å². The Labute approximate surface area is 99.8 Å². The van der Waals surface area contributed by atoms with Gasteiger partial charge in [-0.3, -0.25) is 0 Å². The number of methoxy groups -OCH3 is 1. The minimum Gasteiger partial charge on any atom is -0.480 e.